The van der Waals surface area contributed by atoms with Crippen molar-refractivity contribution in [2.45, 2.75) is 0 Å². The van der Waals surface area contributed by atoms with Crippen LogP contribution in [0.15, 0.2) is 61.4 Å². The van der Waals surface area contributed by atoms with Crippen molar-refractivity contribution in [1.29, 1.82) is 0 Å². The molecule has 0 radical (unpaired) electrons. The first-order valence-corrected chi connectivity index (χ1v) is 7.29. The number of hydrogen-bond donors (Lipinski definition) is 0. The van der Waals surface area contributed by atoms with Gasteiger partial charge in [0.1, 0.15) is 17.3 Å². The molecule has 0 aliphatic heterocycles. The van der Waals surface area contributed by atoms with Crippen molar-refractivity contribution in [2.24, 2.45) is 0 Å². The number of fused-ring (bicyclic) bond motifs is 1. The zero-order chi connectivity index (χ0) is 15.8. The van der Waals surface area contributed by atoms with E-state index < -0.39 is 0 Å². The molecule has 0 spiro atoms. The molecule has 0 saturated heterocycles. The zero-order valence-electron chi connectivity index (χ0n) is 11.8. The summed E-state index contributed by atoms with van der Waals surface area (Å²) in [6.45, 7) is 0. The van der Waals surface area contributed by atoms with Crippen LogP contribution in [-0.4, -0.2) is 19.5 Å². The van der Waals surface area contributed by atoms with Gasteiger partial charge in [-0.1, -0.05) is 29.8 Å². The summed E-state index contributed by atoms with van der Waals surface area (Å²) in [6.07, 6.45) is 8.28. The molecule has 3 heterocycles. The average Bonchev–Trinajstić information content (AvgIpc) is 2.97. The van der Waals surface area contributed by atoms with Gasteiger partial charge in [-0.05, 0) is 12.1 Å². The molecule has 112 valence electrons. The summed E-state index contributed by atoms with van der Waals surface area (Å²) < 4.78 is 16.1. The normalized spacial score (nSPS) is 11.0. The number of hydrogen-bond acceptors (Lipinski definition) is 3. The van der Waals surface area contributed by atoms with Crippen molar-refractivity contribution >= 4 is 22.5 Å². The first-order chi connectivity index (χ1) is 11.3. The number of nitrogens with zero attached hydrogens (tertiary/aromatic N) is 4. The van der Waals surface area contributed by atoms with Crippen LogP contribution in [0.5, 0.6) is 0 Å². The van der Waals surface area contributed by atoms with E-state index in [-0.39, 0.29) is 5.82 Å². The summed E-state index contributed by atoms with van der Waals surface area (Å²) in [5.74, 6) is -0.309. The van der Waals surface area contributed by atoms with E-state index in [0.29, 0.717) is 21.7 Å². The third-order valence-corrected chi connectivity index (χ3v) is 3.95. The summed E-state index contributed by atoms with van der Waals surface area (Å²) in [7, 11) is 0. The quantitative estimate of drug-likeness (QED) is 0.517. The van der Waals surface area contributed by atoms with Crippen molar-refractivity contribution in [3.63, 3.8) is 0 Å². The van der Waals surface area contributed by atoms with Crippen LogP contribution in [0.2, 0.25) is 5.15 Å². The largest absolute Gasteiger partial charge is 0.313 e. The van der Waals surface area contributed by atoms with Crippen LogP contribution in [0.4, 0.5) is 4.39 Å². The van der Waals surface area contributed by atoms with E-state index in [4.69, 9.17) is 11.6 Å². The minimum Gasteiger partial charge on any atom is -0.313 e. The van der Waals surface area contributed by atoms with Gasteiger partial charge in [-0.25, -0.2) is 19.3 Å². The summed E-state index contributed by atoms with van der Waals surface area (Å²) >= 11 is 6.29. The van der Waals surface area contributed by atoms with E-state index in [1.54, 1.807) is 36.8 Å². The van der Waals surface area contributed by atoms with Gasteiger partial charge in [-0.2, -0.15) is 0 Å². The topological polar surface area (TPSA) is 43.6 Å². The zero-order valence-corrected chi connectivity index (χ0v) is 12.6. The molecule has 0 amide bonds. The number of halogens is 2. The molecular formula is C17H10ClFN4. The number of pyridine rings is 1. The van der Waals surface area contributed by atoms with Gasteiger partial charge in [0.15, 0.2) is 0 Å². The second-order valence-electron chi connectivity index (χ2n) is 4.99. The molecule has 4 rings (SSSR count). The van der Waals surface area contributed by atoms with E-state index in [9.17, 15) is 4.39 Å². The fourth-order valence-corrected chi connectivity index (χ4v) is 2.91. The highest BCUT2D eigenvalue weighted by Gasteiger charge is 2.17. The monoisotopic (exact) mass is 324 g/mol. The molecule has 0 aliphatic rings. The van der Waals surface area contributed by atoms with E-state index in [0.717, 1.165) is 11.2 Å². The van der Waals surface area contributed by atoms with E-state index in [1.807, 2.05) is 16.8 Å². The molecule has 0 fully saturated rings. The van der Waals surface area contributed by atoms with Gasteiger partial charge in [0, 0.05) is 28.9 Å². The number of rotatable bonds is 2. The third kappa shape index (κ3) is 2.26. The molecule has 23 heavy (non-hydrogen) atoms. The first kappa shape index (κ1) is 13.8. The molecule has 0 bridgehead atoms. The van der Waals surface area contributed by atoms with Gasteiger partial charge in [0.25, 0.3) is 0 Å². The Balaban J connectivity index is 2.09. The summed E-state index contributed by atoms with van der Waals surface area (Å²) in [5, 5.41) is 1.03. The van der Waals surface area contributed by atoms with Gasteiger partial charge >= 0.3 is 0 Å². The Morgan fingerprint density at radius 1 is 1.00 bits per heavy atom. The van der Waals surface area contributed by atoms with Crippen LogP contribution in [0.3, 0.4) is 0 Å². The fourth-order valence-electron chi connectivity index (χ4n) is 2.65. The van der Waals surface area contributed by atoms with E-state index in [2.05, 4.69) is 15.0 Å². The first-order valence-electron chi connectivity index (χ1n) is 6.91. The van der Waals surface area contributed by atoms with Crippen LogP contribution in [0.1, 0.15) is 0 Å². The van der Waals surface area contributed by atoms with E-state index >= 15 is 0 Å². The lowest BCUT2D eigenvalue weighted by molar-refractivity contribution is 0.631. The fraction of sp³-hybridized carbons (Fsp3) is 0. The van der Waals surface area contributed by atoms with Gasteiger partial charge in [0.2, 0.25) is 0 Å². The standard InChI is InChI=1S/C17H10ClFN4/c18-17-16-13(12-3-1-2-4-14(12)19)9-23(15(16)5-6-22-17)11-7-20-10-21-8-11/h1-10H. The Morgan fingerprint density at radius 2 is 1.78 bits per heavy atom. The minimum atomic E-state index is -0.309. The molecule has 0 aliphatic carbocycles. The molecule has 4 nitrogen and oxygen atoms in total. The molecule has 0 N–H and O–H groups in total. The molecule has 0 unspecified atom stereocenters. The van der Waals surface area contributed by atoms with Crippen molar-refractivity contribution in [3.8, 4) is 16.8 Å². The van der Waals surface area contributed by atoms with Crippen molar-refractivity contribution < 1.29 is 4.39 Å². The predicted molar refractivity (Wildman–Crippen MR) is 87.1 cm³/mol. The van der Waals surface area contributed by atoms with Crippen LogP contribution in [0.25, 0.3) is 27.7 Å². The van der Waals surface area contributed by atoms with Gasteiger partial charge in [-0.15, -0.1) is 0 Å². The maximum atomic E-state index is 14.2. The molecule has 6 heteroatoms. The van der Waals surface area contributed by atoms with Crippen molar-refractivity contribution in [3.05, 3.63) is 72.4 Å². The number of benzene rings is 1. The van der Waals surface area contributed by atoms with Gasteiger partial charge in [-0.3, -0.25) is 0 Å². The second kappa shape index (κ2) is 5.44. The molecule has 4 aromatic rings. The Labute approximate surface area is 136 Å². The summed E-state index contributed by atoms with van der Waals surface area (Å²) in [6, 6.07) is 8.42. The maximum Gasteiger partial charge on any atom is 0.139 e. The molecule has 0 saturated carbocycles. The Bertz CT molecular complexity index is 998. The Hall–Kier alpha value is -2.79. The second-order valence-corrected chi connectivity index (χ2v) is 5.34. The van der Waals surface area contributed by atoms with Crippen LogP contribution in [0, 0.1) is 5.82 Å². The molecule has 3 aromatic heterocycles. The van der Waals surface area contributed by atoms with Gasteiger partial charge in [0.05, 0.1) is 23.6 Å². The van der Waals surface area contributed by atoms with Crippen LogP contribution < -0.4 is 0 Å². The van der Waals surface area contributed by atoms with E-state index in [1.165, 1.54) is 12.4 Å². The third-order valence-electron chi connectivity index (χ3n) is 3.66. The molecule has 0 atom stereocenters. The lowest BCUT2D eigenvalue weighted by Gasteiger charge is -2.03. The average molecular weight is 325 g/mol. The smallest absolute Gasteiger partial charge is 0.139 e. The van der Waals surface area contributed by atoms with Crippen LogP contribution in [-0.2, 0) is 0 Å². The highest BCUT2D eigenvalue weighted by Crippen LogP contribution is 2.36. The maximum absolute atomic E-state index is 14.2. The molecule has 1 aromatic carbocycles. The van der Waals surface area contributed by atoms with Gasteiger partial charge < -0.3 is 4.57 Å². The molecular weight excluding hydrogens is 315 g/mol. The Kier molecular flexibility index (Phi) is 3.28. The Morgan fingerprint density at radius 3 is 2.57 bits per heavy atom. The number of aromatic nitrogens is 4. The van der Waals surface area contributed by atoms with Crippen LogP contribution >= 0.6 is 11.6 Å². The lowest BCUT2D eigenvalue weighted by Crippen LogP contribution is -1.93. The minimum absolute atomic E-state index is 0.309. The van der Waals surface area contributed by atoms with Crippen molar-refractivity contribution in [2.75, 3.05) is 0 Å². The highest BCUT2D eigenvalue weighted by molar-refractivity contribution is 6.35. The SMILES string of the molecule is Fc1ccccc1-c1cn(-c2cncnc2)c2ccnc(Cl)c12. The lowest BCUT2D eigenvalue weighted by atomic mass is 10.1. The summed E-state index contributed by atoms with van der Waals surface area (Å²) in [4.78, 5) is 12.2. The predicted octanol–water partition coefficient (Wildman–Crippen LogP) is 4.28. The highest BCUT2D eigenvalue weighted by atomic mass is 35.5. The van der Waals surface area contributed by atoms with Crippen molar-refractivity contribution in [1.82, 2.24) is 19.5 Å². The summed E-state index contributed by atoms with van der Waals surface area (Å²) in [5.41, 5.74) is 2.74.